The van der Waals surface area contributed by atoms with Crippen molar-refractivity contribution in [2.45, 2.75) is 38.0 Å². The molecule has 0 amide bonds. The fraction of sp³-hybridized carbons (Fsp3) is 0.455. The van der Waals surface area contributed by atoms with Crippen molar-refractivity contribution in [1.29, 1.82) is 0 Å². The molecular weight excluding hydrogens is 314 g/mol. The lowest BCUT2D eigenvalue weighted by Gasteiger charge is -2.36. The molecule has 2 aliphatic rings. The van der Waals surface area contributed by atoms with Gasteiger partial charge in [-0.05, 0) is 73.7 Å². The third-order valence-electron chi connectivity index (χ3n) is 5.82. The molecule has 0 saturated carbocycles. The second kappa shape index (κ2) is 8.18. The lowest BCUT2D eigenvalue weighted by molar-refractivity contribution is 0.175. The minimum Gasteiger partial charge on any atom is -0.303 e. The summed E-state index contributed by atoms with van der Waals surface area (Å²) in [4.78, 5) is 2.72. The van der Waals surface area contributed by atoms with Crippen LogP contribution in [0.4, 0.5) is 0 Å². The van der Waals surface area contributed by atoms with Crippen LogP contribution in [0.15, 0.2) is 54.6 Å². The van der Waals surface area contributed by atoms with E-state index in [1.165, 1.54) is 51.7 Å². The van der Waals surface area contributed by atoms with Crippen molar-refractivity contribution in [3.8, 4) is 0 Å². The van der Waals surface area contributed by atoms with E-state index >= 15 is 0 Å². The molecule has 1 aliphatic carbocycles. The molecule has 1 fully saturated rings. The van der Waals surface area contributed by atoms with E-state index in [2.05, 4.69) is 59.5 Å². The van der Waals surface area contributed by atoms with Crippen molar-refractivity contribution in [3.63, 3.8) is 0 Å². The Morgan fingerprint density at radius 2 is 1.46 bits per heavy atom. The third kappa shape index (κ3) is 4.02. The molecule has 1 nitrogen and oxygen atoms in total. The maximum absolute atomic E-state index is 2.72. The highest BCUT2D eigenvalue weighted by molar-refractivity contribution is 5.85. The molecule has 1 saturated heterocycles. The van der Waals surface area contributed by atoms with E-state index in [4.69, 9.17) is 0 Å². The van der Waals surface area contributed by atoms with Gasteiger partial charge >= 0.3 is 0 Å². The number of piperidine rings is 1. The van der Waals surface area contributed by atoms with Crippen LogP contribution >= 0.6 is 12.4 Å². The van der Waals surface area contributed by atoms with E-state index in [1.54, 1.807) is 16.7 Å². The van der Waals surface area contributed by atoms with Crippen LogP contribution in [0.5, 0.6) is 0 Å². The Morgan fingerprint density at radius 1 is 0.792 bits per heavy atom. The zero-order valence-electron chi connectivity index (χ0n) is 14.4. The van der Waals surface area contributed by atoms with E-state index in [0.29, 0.717) is 0 Å². The van der Waals surface area contributed by atoms with Crippen LogP contribution in [0.3, 0.4) is 0 Å². The van der Waals surface area contributed by atoms with Crippen molar-refractivity contribution in [3.05, 3.63) is 71.3 Å². The van der Waals surface area contributed by atoms with Crippen LogP contribution in [-0.2, 0) is 12.8 Å². The quantitative estimate of drug-likeness (QED) is 0.751. The van der Waals surface area contributed by atoms with Crippen LogP contribution in [0.2, 0.25) is 0 Å². The number of nitrogens with zero attached hydrogens (tertiary/aromatic N) is 1. The second-order valence-electron chi connectivity index (χ2n) is 7.36. The Morgan fingerprint density at radius 3 is 2.21 bits per heavy atom. The maximum Gasteiger partial charge on any atom is 0.00130 e. The molecule has 1 unspecified atom stereocenters. The lowest BCUT2D eigenvalue weighted by Crippen LogP contribution is -2.38. The standard InChI is InChI=1S/C22H27N.ClH/c1-2-6-19(7-3-1)21-12-14-23(15-13-21)17-18-10-11-20-8-4-5-9-22(20)16-18;/h1-9,18,21H,10-17H2;1H. The summed E-state index contributed by atoms with van der Waals surface area (Å²) < 4.78 is 0. The largest absolute Gasteiger partial charge is 0.303 e. The van der Waals surface area contributed by atoms with Crippen LogP contribution in [0, 0.1) is 5.92 Å². The van der Waals surface area contributed by atoms with Crippen LogP contribution in [0.1, 0.15) is 41.9 Å². The van der Waals surface area contributed by atoms with Gasteiger partial charge in [-0.25, -0.2) is 0 Å². The Labute approximate surface area is 152 Å². The van der Waals surface area contributed by atoms with Gasteiger partial charge in [0.25, 0.3) is 0 Å². The number of hydrogen-bond donors (Lipinski definition) is 0. The van der Waals surface area contributed by atoms with Gasteiger partial charge in [-0.15, -0.1) is 12.4 Å². The fourth-order valence-electron chi connectivity index (χ4n) is 4.47. The molecule has 1 atom stereocenters. The Balaban J connectivity index is 0.00000169. The lowest BCUT2D eigenvalue weighted by atomic mass is 9.83. The molecule has 0 N–H and O–H groups in total. The topological polar surface area (TPSA) is 3.24 Å². The normalized spacial score (nSPS) is 21.8. The number of halogens is 1. The predicted octanol–water partition coefficient (Wildman–Crippen LogP) is 5.09. The number of hydrogen-bond acceptors (Lipinski definition) is 1. The molecule has 24 heavy (non-hydrogen) atoms. The fourth-order valence-corrected chi connectivity index (χ4v) is 4.47. The minimum absolute atomic E-state index is 0. The third-order valence-corrected chi connectivity index (χ3v) is 5.82. The van der Waals surface area contributed by atoms with Gasteiger partial charge in [0, 0.05) is 6.54 Å². The van der Waals surface area contributed by atoms with Gasteiger partial charge in [0.2, 0.25) is 0 Å². The van der Waals surface area contributed by atoms with E-state index in [9.17, 15) is 0 Å². The van der Waals surface area contributed by atoms with Crippen molar-refractivity contribution in [1.82, 2.24) is 4.90 Å². The molecule has 1 aliphatic heterocycles. The van der Waals surface area contributed by atoms with Gasteiger partial charge in [0.15, 0.2) is 0 Å². The monoisotopic (exact) mass is 341 g/mol. The molecule has 128 valence electrons. The molecule has 0 spiro atoms. The van der Waals surface area contributed by atoms with Gasteiger partial charge in [-0.3, -0.25) is 0 Å². The van der Waals surface area contributed by atoms with Gasteiger partial charge < -0.3 is 4.90 Å². The van der Waals surface area contributed by atoms with E-state index in [-0.39, 0.29) is 12.4 Å². The summed E-state index contributed by atoms with van der Waals surface area (Å²) >= 11 is 0. The molecule has 0 radical (unpaired) electrons. The average Bonchev–Trinajstić information content (AvgIpc) is 2.63. The Bertz CT molecular complexity index is 631. The zero-order valence-corrected chi connectivity index (χ0v) is 15.2. The summed E-state index contributed by atoms with van der Waals surface area (Å²) in [5, 5.41) is 0. The summed E-state index contributed by atoms with van der Waals surface area (Å²) in [7, 11) is 0. The molecule has 2 aromatic carbocycles. The van der Waals surface area contributed by atoms with E-state index in [0.717, 1.165) is 11.8 Å². The van der Waals surface area contributed by atoms with Gasteiger partial charge in [0.05, 0.1) is 0 Å². The number of rotatable bonds is 3. The summed E-state index contributed by atoms with van der Waals surface area (Å²) in [6, 6.07) is 20.1. The molecule has 0 bridgehead atoms. The number of fused-ring (bicyclic) bond motifs is 1. The first-order valence-electron chi connectivity index (χ1n) is 9.22. The van der Waals surface area contributed by atoms with E-state index < -0.39 is 0 Å². The highest BCUT2D eigenvalue weighted by Gasteiger charge is 2.24. The Hall–Kier alpha value is -1.31. The smallest absolute Gasteiger partial charge is 0.00130 e. The van der Waals surface area contributed by atoms with Gasteiger partial charge in [-0.1, -0.05) is 54.6 Å². The minimum atomic E-state index is 0. The van der Waals surface area contributed by atoms with E-state index in [1.807, 2.05) is 0 Å². The molecule has 2 heteroatoms. The second-order valence-corrected chi connectivity index (χ2v) is 7.36. The van der Waals surface area contributed by atoms with Crippen LogP contribution in [0.25, 0.3) is 0 Å². The molecule has 1 heterocycles. The average molecular weight is 342 g/mol. The van der Waals surface area contributed by atoms with Gasteiger partial charge in [0.1, 0.15) is 0 Å². The van der Waals surface area contributed by atoms with Gasteiger partial charge in [-0.2, -0.15) is 0 Å². The number of benzene rings is 2. The molecule has 2 aromatic rings. The van der Waals surface area contributed by atoms with Crippen molar-refractivity contribution in [2.24, 2.45) is 5.92 Å². The highest BCUT2D eigenvalue weighted by atomic mass is 35.5. The SMILES string of the molecule is Cl.c1ccc(C2CCN(CC3CCc4ccccc4C3)CC2)cc1. The summed E-state index contributed by atoms with van der Waals surface area (Å²) in [6.07, 6.45) is 6.59. The first-order valence-corrected chi connectivity index (χ1v) is 9.22. The van der Waals surface area contributed by atoms with Crippen LogP contribution in [-0.4, -0.2) is 24.5 Å². The van der Waals surface area contributed by atoms with Crippen molar-refractivity contribution in [2.75, 3.05) is 19.6 Å². The summed E-state index contributed by atoms with van der Waals surface area (Å²) in [5.74, 6) is 1.64. The summed E-state index contributed by atoms with van der Waals surface area (Å²) in [6.45, 7) is 3.85. The van der Waals surface area contributed by atoms with Crippen molar-refractivity contribution >= 4 is 12.4 Å². The van der Waals surface area contributed by atoms with Crippen LogP contribution < -0.4 is 0 Å². The highest BCUT2D eigenvalue weighted by Crippen LogP contribution is 2.30. The molecule has 0 aromatic heterocycles. The first kappa shape index (κ1) is 17.5. The molecule has 4 rings (SSSR count). The zero-order chi connectivity index (χ0) is 15.5. The number of likely N-dealkylation sites (tertiary alicyclic amines) is 1. The number of aryl methyl sites for hydroxylation is 1. The summed E-state index contributed by atoms with van der Waals surface area (Å²) in [5.41, 5.74) is 4.73. The first-order chi connectivity index (χ1) is 11.4. The maximum atomic E-state index is 2.72. The molecular formula is C22H28ClN. The predicted molar refractivity (Wildman–Crippen MR) is 104 cm³/mol. The Kier molecular flexibility index (Phi) is 5.97. The van der Waals surface area contributed by atoms with Crippen molar-refractivity contribution < 1.29 is 0 Å².